The molecular weight excluding hydrogens is 278 g/mol. The standard InChI is InChI=1S/C13H21N3O3S/c1-10-13(11(2)16(14-10)12(3)17)20(18,19)15-8-6-4-5-7-9-15/h4-9H2,1-3H3. The van der Waals surface area contributed by atoms with Gasteiger partial charge < -0.3 is 0 Å². The fourth-order valence-electron chi connectivity index (χ4n) is 2.72. The molecule has 0 aliphatic carbocycles. The number of aryl methyl sites for hydroxylation is 1. The summed E-state index contributed by atoms with van der Waals surface area (Å²) in [7, 11) is -3.56. The van der Waals surface area contributed by atoms with E-state index in [1.807, 2.05) is 0 Å². The van der Waals surface area contributed by atoms with Crippen LogP contribution in [0.5, 0.6) is 0 Å². The zero-order valence-corrected chi connectivity index (χ0v) is 13.0. The van der Waals surface area contributed by atoms with Crippen LogP contribution >= 0.6 is 0 Å². The Hall–Kier alpha value is -1.21. The van der Waals surface area contributed by atoms with Gasteiger partial charge in [-0.05, 0) is 26.7 Å². The second-order valence-corrected chi connectivity index (χ2v) is 7.12. The lowest BCUT2D eigenvalue weighted by atomic mass is 10.2. The summed E-state index contributed by atoms with van der Waals surface area (Å²) in [4.78, 5) is 11.7. The van der Waals surface area contributed by atoms with E-state index in [0.29, 0.717) is 24.5 Å². The molecule has 2 rings (SSSR count). The topological polar surface area (TPSA) is 72.3 Å². The molecule has 0 unspecified atom stereocenters. The molecule has 20 heavy (non-hydrogen) atoms. The SMILES string of the molecule is CC(=O)n1nc(C)c(S(=O)(=O)N2CCCCCC2)c1C. The van der Waals surface area contributed by atoms with Crippen molar-refractivity contribution in [3.8, 4) is 0 Å². The molecule has 0 radical (unpaired) electrons. The average Bonchev–Trinajstić information content (AvgIpc) is 2.58. The zero-order chi connectivity index (χ0) is 14.9. The minimum Gasteiger partial charge on any atom is -0.273 e. The Balaban J connectivity index is 2.46. The molecule has 1 aromatic heterocycles. The van der Waals surface area contributed by atoms with Crippen LogP contribution in [0.3, 0.4) is 0 Å². The zero-order valence-electron chi connectivity index (χ0n) is 12.2. The highest BCUT2D eigenvalue weighted by molar-refractivity contribution is 7.89. The normalized spacial score (nSPS) is 17.9. The first-order chi connectivity index (χ1) is 9.35. The third-order valence-electron chi connectivity index (χ3n) is 3.69. The first-order valence-electron chi connectivity index (χ1n) is 6.93. The number of hydrogen-bond donors (Lipinski definition) is 0. The number of nitrogens with zero attached hydrogens (tertiary/aromatic N) is 3. The highest BCUT2D eigenvalue weighted by atomic mass is 32.2. The number of rotatable bonds is 2. The van der Waals surface area contributed by atoms with E-state index in [4.69, 9.17) is 0 Å². The van der Waals surface area contributed by atoms with E-state index in [0.717, 1.165) is 25.7 Å². The summed E-state index contributed by atoms with van der Waals surface area (Å²) in [5.74, 6) is -0.275. The second-order valence-electron chi connectivity index (χ2n) is 5.25. The number of carbonyl (C=O) groups is 1. The lowest BCUT2D eigenvalue weighted by Crippen LogP contribution is -2.32. The van der Waals surface area contributed by atoms with Crippen LogP contribution in [0.25, 0.3) is 0 Å². The molecule has 2 heterocycles. The number of sulfonamides is 1. The van der Waals surface area contributed by atoms with Crippen LogP contribution in [0.1, 0.15) is 48.8 Å². The monoisotopic (exact) mass is 299 g/mol. The maximum atomic E-state index is 12.8. The van der Waals surface area contributed by atoms with Crippen LogP contribution in [-0.4, -0.2) is 41.5 Å². The van der Waals surface area contributed by atoms with Crippen molar-refractivity contribution in [3.05, 3.63) is 11.4 Å². The van der Waals surface area contributed by atoms with Gasteiger partial charge in [-0.15, -0.1) is 0 Å². The number of hydrogen-bond acceptors (Lipinski definition) is 4. The van der Waals surface area contributed by atoms with E-state index in [1.165, 1.54) is 15.9 Å². The maximum absolute atomic E-state index is 12.8. The number of carbonyl (C=O) groups excluding carboxylic acids is 1. The minimum absolute atomic E-state index is 0.189. The molecule has 6 nitrogen and oxygen atoms in total. The quantitative estimate of drug-likeness (QED) is 0.833. The van der Waals surface area contributed by atoms with Crippen molar-refractivity contribution in [3.63, 3.8) is 0 Å². The highest BCUT2D eigenvalue weighted by Gasteiger charge is 2.31. The molecule has 0 aromatic carbocycles. The van der Waals surface area contributed by atoms with Crippen LogP contribution in [0.2, 0.25) is 0 Å². The largest absolute Gasteiger partial charge is 0.273 e. The summed E-state index contributed by atoms with van der Waals surface area (Å²) in [5.41, 5.74) is 0.793. The maximum Gasteiger partial charge on any atom is 0.246 e. The molecule has 1 aromatic rings. The molecule has 0 spiro atoms. The fourth-order valence-corrected chi connectivity index (χ4v) is 4.59. The molecular formula is C13H21N3O3S. The smallest absolute Gasteiger partial charge is 0.246 e. The van der Waals surface area contributed by atoms with E-state index >= 15 is 0 Å². The fraction of sp³-hybridized carbons (Fsp3) is 0.692. The minimum atomic E-state index is -3.56. The van der Waals surface area contributed by atoms with Gasteiger partial charge in [-0.25, -0.2) is 13.1 Å². The predicted molar refractivity (Wildman–Crippen MR) is 75.2 cm³/mol. The molecule has 0 bridgehead atoms. The Morgan fingerprint density at radius 3 is 2.10 bits per heavy atom. The lowest BCUT2D eigenvalue weighted by molar-refractivity contribution is 0.0918. The van der Waals surface area contributed by atoms with Crippen LogP contribution in [0.15, 0.2) is 4.90 Å². The molecule has 0 amide bonds. The van der Waals surface area contributed by atoms with E-state index in [1.54, 1.807) is 13.8 Å². The molecule has 0 atom stereocenters. The van der Waals surface area contributed by atoms with Gasteiger partial charge in [-0.1, -0.05) is 12.8 Å². The van der Waals surface area contributed by atoms with Crippen LogP contribution < -0.4 is 0 Å². The van der Waals surface area contributed by atoms with Crippen molar-refractivity contribution in [2.45, 2.75) is 51.3 Å². The summed E-state index contributed by atoms with van der Waals surface area (Å²) in [6.45, 7) is 5.74. The third-order valence-corrected chi connectivity index (χ3v) is 5.84. The van der Waals surface area contributed by atoms with Gasteiger partial charge in [-0.2, -0.15) is 9.40 Å². The van der Waals surface area contributed by atoms with Crippen molar-refractivity contribution in [1.82, 2.24) is 14.1 Å². The van der Waals surface area contributed by atoms with Crippen molar-refractivity contribution >= 4 is 15.9 Å². The van der Waals surface area contributed by atoms with Crippen molar-refractivity contribution in [2.24, 2.45) is 0 Å². The Kier molecular flexibility index (Phi) is 4.29. The summed E-state index contributed by atoms with van der Waals surface area (Å²) >= 11 is 0. The van der Waals surface area contributed by atoms with Gasteiger partial charge in [0.25, 0.3) is 0 Å². The Bertz CT molecular complexity index is 611. The molecule has 1 fully saturated rings. The molecule has 1 saturated heterocycles. The van der Waals surface area contributed by atoms with Gasteiger partial charge in [0.2, 0.25) is 15.9 Å². The summed E-state index contributed by atoms with van der Waals surface area (Å²) in [6.07, 6.45) is 3.91. The van der Waals surface area contributed by atoms with Crippen molar-refractivity contribution < 1.29 is 13.2 Å². The molecule has 7 heteroatoms. The Labute approximate surface area is 119 Å². The first-order valence-corrected chi connectivity index (χ1v) is 8.37. The third kappa shape index (κ3) is 2.64. The van der Waals surface area contributed by atoms with Crippen molar-refractivity contribution in [1.29, 1.82) is 0 Å². The Morgan fingerprint density at radius 2 is 1.65 bits per heavy atom. The summed E-state index contributed by atoms with van der Waals surface area (Å²) in [5, 5.41) is 4.06. The van der Waals surface area contributed by atoms with E-state index in [9.17, 15) is 13.2 Å². The summed E-state index contributed by atoms with van der Waals surface area (Å²) in [6, 6.07) is 0. The Morgan fingerprint density at radius 1 is 1.10 bits per heavy atom. The second kappa shape index (κ2) is 5.65. The van der Waals surface area contributed by atoms with E-state index in [-0.39, 0.29) is 10.8 Å². The average molecular weight is 299 g/mol. The lowest BCUT2D eigenvalue weighted by Gasteiger charge is -2.20. The van der Waals surface area contributed by atoms with Crippen LogP contribution in [0.4, 0.5) is 0 Å². The molecule has 112 valence electrons. The molecule has 1 aliphatic rings. The highest BCUT2D eigenvalue weighted by Crippen LogP contribution is 2.25. The first kappa shape index (κ1) is 15.2. The van der Waals surface area contributed by atoms with Gasteiger partial charge in [0.15, 0.2) is 0 Å². The molecule has 0 saturated carbocycles. The van der Waals surface area contributed by atoms with Gasteiger partial charge in [-0.3, -0.25) is 4.79 Å². The van der Waals surface area contributed by atoms with Crippen LogP contribution in [-0.2, 0) is 10.0 Å². The summed E-state index contributed by atoms with van der Waals surface area (Å²) < 4.78 is 28.3. The van der Waals surface area contributed by atoms with E-state index in [2.05, 4.69) is 5.10 Å². The molecule has 1 aliphatic heterocycles. The van der Waals surface area contributed by atoms with Gasteiger partial charge in [0.1, 0.15) is 4.90 Å². The van der Waals surface area contributed by atoms with E-state index < -0.39 is 10.0 Å². The van der Waals surface area contributed by atoms with Crippen molar-refractivity contribution in [2.75, 3.05) is 13.1 Å². The van der Waals surface area contributed by atoms with Gasteiger partial charge in [0.05, 0.1) is 11.4 Å². The number of aromatic nitrogens is 2. The molecule has 0 N–H and O–H groups in total. The van der Waals surface area contributed by atoms with Gasteiger partial charge in [0, 0.05) is 20.0 Å². The van der Waals surface area contributed by atoms with Crippen LogP contribution in [0, 0.1) is 13.8 Å². The predicted octanol–water partition coefficient (Wildman–Crippen LogP) is 1.72. The van der Waals surface area contributed by atoms with Gasteiger partial charge >= 0.3 is 0 Å².